The van der Waals surface area contributed by atoms with Gasteiger partial charge >= 0.3 is 0 Å². The van der Waals surface area contributed by atoms with Crippen molar-refractivity contribution in [3.63, 3.8) is 0 Å². The fourth-order valence-electron chi connectivity index (χ4n) is 2.58. The Morgan fingerprint density at radius 3 is 2.77 bits per heavy atom. The Kier molecular flexibility index (Phi) is 2.00. The molecule has 0 aromatic rings. The highest BCUT2D eigenvalue weighted by Crippen LogP contribution is 2.40. The molecule has 2 aliphatic rings. The minimum absolute atomic E-state index is 0.179. The van der Waals surface area contributed by atoms with Crippen LogP contribution in [-0.4, -0.2) is 25.3 Å². The van der Waals surface area contributed by atoms with E-state index in [1.807, 2.05) is 0 Å². The number of nitrogens with one attached hydrogen (secondary N) is 1. The van der Waals surface area contributed by atoms with Gasteiger partial charge in [0.05, 0.1) is 12.1 Å². The van der Waals surface area contributed by atoms with Crippen molar-refractivity contribution in [2.24, 2.45) is 5.41 Å². The third kappa shape index (κ3) is 1.42. The Hall–Kier alpha value is -0.340. The van der Waals surface area contributed by atoms with Gasteiger partial charge in [-0.25, -0.2) is 0 Å². The molecule has 1 N–H and O–H groups in total. The molecule has 0 aromatic heterocycles. The van der Waals surface area contributed by atoms with E-state index >= 15 is 0 Å². The Labute approximate surface area is 80.4 Å². The van der Waals surface area contributed by atoms with Crippen LogP contribution >= 0.6 is 0 Å². The van der Waals surface area contributed by atoms with Crippen molar-refractivity contribution in [1.82, 2.24) is 5.32 Å². The molecule has 1 spiro atoms. The second-order valence-electron chi connectivity index (χ2n) is 5.13. The second-order valence-corrected chi connectivity index (χ2v) is 5.13. The molecular formula is C11H19NO. The standard InChI is InChI=1S/C11H19NO/c1-10(2,3)9-4-6-12-11(9)5-7-13-8-11/h4,12H,5-8H2,1-3H3/t11-/m1/s1. The van der Waals surface area contributed by atoms with Gasteiger partial charge < -0.3 is 10.1 Å². The Morgan fingerprint density at radius 2 is 2.23 bits per heavy atom. The zero-order valence-electron chi connectivity index (χ0n) is 8.81. The molecule has 2 rings (SSSR count). The van der Waals surface area contributed by atoms with Crippen LogP contribution in [0.5, 0.6) is 0 Å². The van der Waals surface area contributed by atoms with E-state index in [2.05, 4.69) is 32.2 Å². The van der Waals surface area contributed by atoms with Gasteiger partial charge in [-0.15, -0.1) is 0 Å². The molecule has 2 heterocycles. The first-order valence-electron chi connectivity index (χ1n) is 5.08. The molecule has 0 bridgehead atoms. The lowest BCUT2D eigenvalue weighted by Crippen LogP contribution is -2.46. The monoisotopic (exact) mass is 181 g/mol. The first-order valence-corrected chi connectivity index (χ1v) is 5.08. The molecule has 2 heteroatoms. The molecule has 0 aromatic carbocycles. The summed E-state index contributed by atoms with van der Waals surface area (Å²) in [6.07, 6.45) is 3.48. The van der Waals surface area contributed by atoms with Crippen molar-refractivity contribution in [2.75, 3.05) is 19.8 Å². The normalized spacial score (nSPS) is 34.2. The highest BCUT2D eigenvalue weighted by Gasteiger charge is 2.44. The summed E-state index contributed by atoms with van der Waals surface area (Å²) in [5.74, 6) is 0. The molecule has 1 fully saturated rings. The van der Waals surface area contributed by atoms with Crippen molar-refractivity contribution in [3.8, 4) is 0 Å². The summed E-state index contributed by atoms with van der Waals surface area (Å²) in [4.78, 5) is 0. The topological polar surface area (TPSA) is 21.3 Å². The van der Waals surface area contributed by atoms with Crippen molar-refractivity contribution >= 4 is 0 Å². The Morgan fingerprint density at radius 1 is 1.46 bits per heavy atom. The fourth-order valence-corrected chi connectivity index (χ4v) is 2.58. The Bertz CT molecular complexity index is 231. The highest BCUT2D eigenvalue weighted by atomic mass is 16.5. The van der Waals surface area contributed by atoms with Crippen LogP contribution in [0, 0.1) is 5.41 Å². The average molecular weight is 181 g/mol. The van der Waals surface area contributed by atoms with Gasteiger partial charge in [0.25, 0.3) is 0 Å². The van der Waals surface area contributed by atoms with E-state index in [-0.39, 0.29) is 11.0 Å². The summed E-state index contributed by atoms with van der Waals surface area (Å²) < 4.78 is 5.50. The predicted molar refractivity (Wildman–Crippen MR) is 53.7 cm³/mol. The molecule has 0 unspecified atom stereocenters. The maximum absolute atomic E-state index is 5.50. The van der Waals surface area contributed by atoms with Gasteiger partial charge in [0, 0.05) is 13.2 Å². The summed E-state index contributed by atoms with van der Waals surface area (Å²) in [5, 5.41) is 3.57. The number of hydrogen-bond acceptors (Lipinski definition) is 2. The van der Waals surface area contributed by atoms with Crippen LogP contribution < -0.4 is 5.32 Å². The first kappa shape index (κ1) is 9.22. The van der Waals surface area contributed by atoms with Crippen LogP contribution in [0.2, 0.25) is 0 Å². The smallest absolute Gasteiger partial charge is 0.0688 e. The summed E-state index contributed by atoms with van der Waals surface area (Å²) in [5.41, 5.74) is 1.99. The van der Waals surface area contributed by atoms with Crippen LogP contribution in [0.4, 0.5) is 0 Å². The van der Waals surface area contributed by atoms with Gasteiger partial charge in [-0.2, -0.15) is 0 Å². The minimum atomic E-state index is 0.179. The van der Waals surface area contributed by atoms with Crippen molar-refractivity contribution < 1.29 is 4.74 Å². The molecule has 74 valence electrons. The summed E-state index contributed by atoms with van der Waals surface area (Å²) in [6, 6.07) is 0. The molecule has 1 atom stereocenters. The van der Waals surface area contributed by atoms with Crippen LogP contribution in [0.3, 0.4) is 0 Å². The molecule has 2 aliphatic heterocycles. The van der Waals surface area contributed by atoms with Gasteiger partial charge in [-0.3, -0.25) is 0 Å². The summed E-state index contributed by atoms with van der Waals surface area (Å²) >= 11 is 0. The van der Waals surface area contributed by atoms with Gasteiger partial charge in [-0.1, -0.05) is 26.8 Å². The lowest BCUT2D eigenvalue weighted by atomic mass is 9.75. The lowest BCUT2D eigenvalue weighted by Gasteiger charge is -2.34. The lowest BCUT2D eigenvalue weighted by molar-refractivity contribution is 0.174. The van der Waals surface area contributed by atoms with E-state index in [4.69, 9.17) is 4.74 Å². The SMILES string of the molecule is CC(C)(C)C1=CCN[C@@]12CCOC2. The predicted octanol–water partition coefficient (Wildman–Crippen LogP) is 1.72. The third-order valence-corrected chi connectivity index (χ3v) is 3.09. The van der Waals surface area contributed by atoms with E-state index in [1.165, 1.54) is 5.57 Å². The van der Waals surface area contributed by atoms with Crippen molar-refractivity contribution in [2.45, 2.75) is 32.7 Å². The quantitative estimate of drug-likeness (QED) is 0.575. The van der Waals surface area contributed by atoms with Gasteiger partial charge in [0.1, 0.15) is 0 Å². The summed E-state index contributed by atoms with van der Waals surface area (Å²) in [6.45, 7) is 9.62. The van der Waals surface area contributed by atoms with E-state index < -0.39 is 0 Å². The molecule has 0 radical (unpaired) electrons. The zero-order chi connectivity index (χ0) is 9.53. The van der Waals surface area contributed by atoms with Crippen LogP contribution in [0.15, 0.2) is 11.6 Å². The van der Waals surface area contributed by atoms with Crippen LogP contribution in [0.25, 0.3) is 0 Å². The molecule has 0 aliphatic carbocycles. The summed E-state index contributed by atoms with van der Waals surface area (Å²) in [7, 11) is 0. The van der Waals surface area contributed by atoms with Crippen LogP contribution in [-0.2, 0) is 4.74 Å². The number of ether oxygens (including phenoxy) is 1. The van der Waals surface area contributed by atoms with Gasteiger partial charge in [0.2, 0.25) is 0 Å². The molecule has 13 heavy (non-hydrogen) atoms. The van der Waals surface area contributed by atoms with Crippen LogP contribution in [0.1, 0.15) is 27.2 Å². The fraction of sp³-hybridized carbons (Fsp3) is 0.818. The molecule has 2 nitrogen and oxygen atoms in total. The van der Waals surface area contributed by atoms with Gasteiger partial charge in [0.15, 0.2) is 0 Å². The second kappa shape index (κ2) is 2.82. The van der Waals surface area contributed by atoms with E-state index in [0.717, 1.165) is 26.2 Å². The number of rotatable bonds is 0. The van der Waals surface area contributed by atoms with Gasteiger partial charge in [-0.05, 0) is 17.4 Å². The third-order valence-electron chi connectivity index (χ3n) is 3.09. The maximum atomic E-state index is 5.50. The average Bonchev–Trinajstić information content (AvgIpc) is 2.60. The number of hydrogen-bond donors (Lipinski definition) is 1. The molecular weight excluding hydrogens is 162 g/mol. The largest absolute Gasteiger partial charge is 0.379 e. The molecule has 0 saturated carbocycles. The molecule has 0 amide bonds. The van der Waals surface area contributed by atoms with Crippen molar-refractivity contribution in [1.29, 1.82) is 0 Å². The van der Waals surface area contributed by atoms with E-state index in [9.17, 15) is 0 Å². The minimum Gasteiger partial charge on any atom is -0.379 e. The maximum Gasteiger partial charge on any atom is 0.0688 e. The Balaban J connectivity index is 2.27. The van der Waals surface area contributed by atoms with E-state index in [0.29, 0.717) is 0 Å². The molecule has 1 saturated heterocycles. The first-order chi connectivity index (χ1) is 6.05. The van der Waals surface area contributed by atoms with E-state index in [1.54, 1.807) is 0 Å². The highest BCUT2D eigenvalue weighted by molar-refractivity contribution is 5.32. The zero-order valence-corrected chi connectivity index (χ0v) is 8.81. The van der Waals surface area contributed by atoms with Crippen molar-refractivity contribution in [3.05, 3.63) is 11.6 Å².